The molecule has 3 rings (SSSR count). The van der Waals surface area contributed by atoms with Gasteiger partial charge in [-0.25, -0.2) is 0 Å². The van der Waals surface area contributed by atoms with Crippen LogP contribution in [0.3, 0.4) is 0 Å². The summed E-state index contributed by atoms with van der Waals surface area (Å²) in [6.07, 6.45) is 0.136. The number of ether oxygens (including phenoxy) is 2. The minimum atomic E-state index is -0.578. The van der Waals surface area contributed by atoms with Gasteiger partial charge in [-0.15, -0.1) is 0 Å². The van der Waals surface area contributed by atoms with E-state index in [0.29, 0.717) is 6.42 Å². The van der Waals surface area contributed by atoms with Crippen LogP contribution in [0, 0.1) is 20.8 Å². The number of amides is 1. The molecule has 2 unspecified atom stereocenters. The molecule has 0 spiro atoms. The third kappa shape index (κ3) is 4.44. The first-order valence-corrected chi connectivity index (χ1v) is 9.48. The third-order valence-electron chi connectivity index (χ3n) is 4.94. The van der Waals surface area contributed by atoms with Crippen molar-refractivity contribution in [3.63, 3.8) is 0 Å². The Morgan fingerprint density at radius 1 is 1.15 bits per heavy atom. The summed E-state index contributed by atoms with van der Waals surface area (Å²) >= 11 is 0. The molecule has 0 radical (unpaired) electrons. The Balaban J connectivity index is 1.76. The molecule has 1 aliphatic rings. The molecular formula is C23H29NO3. The van der Waals surface area contributed by atoms with E-state index in [4.69, 9.17) is 9.47 Å². The maximum absolute atomic E-state index is 12.8. The van der Waals surface area contributed by atoms with Crippen molar-refractivity contribution in [1.82, 2.24) is 5.32 Å². The Morgan fingerprint density at radius 3 is 2.52 bits per heavy atom. The second-order valence-electron chi connectivity index (χ2n) is 8.20. The second-order valence-corrected chi connectivity index (χ2v) is 8.20. The molecule has 2 aromatic carbocycles. The van der Waals surface area contributed by atoms with E-state index in [9.17, 15) is 4.79 Å². The Labute approximate surface area is 161 Å². The molecule has 0 saturated heterocycles. The summed E-state index contributed by atoms with van der Waals surface area (Å²) in [5.41, 5.74) is 4.05. The van der Waals surface area contributed by atoms with Crippen LogP contribution in [-0.4, -0.2) is 17.6 Å². The topological polar surface area (TPSA) is 47.6 Å². The fraction of sp³-hybridized carbons (Fsp3) is 0.435. The number of fused-ring (bicyclic) bond motifs is 1. The van der Waals surface area contributed by atoms with Gasteiger partial charge in [-0.2, -0.15) is 0 Å². The van der Waals surface area contributed by atoms with Crippen LogP contribution in [-0.2, 0) is 4.79 Å². The van der Waals surface area contributed by atoms with Crippen LogP contribution in [0.15, 0.2) is 36.4 Å². The number of rotatable bonds is 4. The van der Waals surface area contributed by atoms with Gasteiger partial charge < -0.3 is 14.8 Å². The van der Waals surface area contributed by atoms with Crippen molar-refractivity contribution in [3.8, 4) is 11.5 Å². The van der Waals surface area contributed by atoms with E-state index in [0.717, 1.165) is 28.2 Å². The van der Waals surface area contributed by atoms with Crippen LogP contribution in [0.4, 0.5) is 0 Å². The van der Waals surface area contributed by atoms with Gasteiger partial charge in [0.1, 0.15) is 17.1 Å². The van der Waals surface area contributed by atoms with Gasteiger partial charge in [0, 0.05) is 12.0 Å². The minimum absolute atomic E-state index is 0.0960. The number of nitrogens with one attached hydrogen (secondary N) is 1. The Bertz CT molecular complexity index is 857. The normalized spacial score (nSPS) is 18.8. The summed E-state index contributed by atoms with van der Waals surface area (Å²) in [5, 5.41) is 3.16. The Kier molecular flexibility index (Phi) is 5.18. The number of hydrogen-bond acceptors (Lipinski definition) is 3. The molecule has 1 amide bonds. The van der Waals surface area contributed by atoms with Gasteiger partial charge in [-0.1, -0.05) is 35.4 Å². The lowest BCUT2D eigenvalue weighted by molar-refractivity contribution is -0.128. The monoisotopic (exact) mass is 367 g/mol. The number of carbonyl (C=O) groups excluding carboxylic acids is 1. The highest BCUT2D eigenvalue weighted by molar-refractivity contribution is 5.81. The van der Waals surface area contributed by atoms with Crippen molar-refractivity contribution in [1.29, 1.82) is 0 Å². The number of aryl methyl sites for hydroxylation is 3. The fourth-order valence-corrected chi connectivity index (χ4v) is 3.57. The SMILES string of the molecule is Cc1ccc(OC(C)C(=O)NC2CC(C)(C)Oc3ccc(C)cc32)c(C)c1. The zero-order chi connectivity index (χ0) is 19.8. The van der Waals surface area contributed by atoms with E-state index in [2.05, 4.69) is 17.4 Å². The first-order valence-electron chi connectivity index (χ1n) is 9.48. The molecule has 4 nitrogen and oxygen atoms in total. The van der Waals surface area contributed by atoms with Gasteiger partial charge in [0.15, 0.2) is 6.10 Å². The van der Waals surface area contributed by atoms with Crippen LogP contribution in [0.2, 0.25) is 0 Å². The van der Waals surface area contributed by atoms with E-state index in [1.165, 1.54) is 5.56 Å². The lowest BCUT2D eigenvalue weighted by Crippen LogP contribution is -2.44. The highest BCUT2D eigenvalue weighted by atomic mass is 16.5. The predicted molar refractivity (Wildman–Crippen MR) is 107 cm³/mol. The maximum Gasteiger partial charge on any atom is 0.261 e. The average molecular weight is 367 g/mol. The molecule has 2 atom stereocenters. The van der Waals surface area contributed by atoms with Crippen molar-refractivity contribution in [3.05, 3.63) is 58.7 Å². The minimum Gasteiger partial charge on any atom is -0.487 e. The lowest BCUT2D eigenvalue weighted by atomic mass is 9.89. The molecule has 1 heterocycles. The van der Waals surface area contributed by atoms with Crippen LogP contribution >= 0.6 is 0 Å². The summed E-state index contributed by atoms with van der Waals surface area (Å²) in [6.45, 7) is 12.0. The molecule has 2 aromatic rings. The van der Waals surface area contributed by atoms with Gasteiger partial charge in [-0.3, -0.25) is 4.79 Å². The molecule has 0 aromatic heterocycles. The van der Waals surface area contributed by atoms with Crippen LogP contribution < -0.4 is 14.8 Å². The molecule has 4 heteroatoms. The van der Waals surface area contributed by atoms with Gasteiger partial charge >= 0.3 is 0 Å². The van der Waals surface area contributed by atoms with E-state index in [1.54, 1.807) is 6.92 Å². The zero-order valence-electron chi connectivity index (χ0n) is 17.1. The van der Waals surface area contributed by atoms with E-state index < -0.39 is 6.10 Å². The molecule has 144 valence electrons. The van der Waals surface area contributed by atoms with Crippen molar-refractivity contribution < 1.29 is 14.3 Å². The highest BCUT2D eigenvalue weighted by Crippen LogP contribution is 2.39. The first-order chi connectivity index (χ1) is 12.6. The van der Waals surface area contributed by atoms with Gasteiger partial charge in [-0.05, 0) is 59.2 Å². The van der Waals surface area contributed by atoms with Crippen molar-refractivity contribution >= 4 is 5.91 Å². The Morgan fingerprint density at radius 2 is 1.81 bits per heavy atom. The molecular weight excluding hydrogens is 338 g/mol. The molecule has 1 aliphatic heterocycles. The molecule has 27 heavy (non-hydrogen) atoms. The molecule has 0 saturated carbocycles. The Hall–Kier alpha value is -2.49. The average Bonchev–Trinajstić information content (AvgIpc) is 2.57. The van der Waals surface area contributed by atoms with Crippen molar-refractivity contribution in [2.75, 3.05) is 0 Å². The second kappa shape index (κ2) is 7.26. The van der Waals surface area contributed by atoms with Crippen molar-refractivity contribution in [2.24, 2.45) is 0 Å². The maximum atomic E-state index is 12.8. The summed E-state index contributed by atoms with van der Waals surface area (Å²) in [7, 11) is 0. The molecule has 0 aliphatic carbocycles. The molecule has 1 N–H and O–H groups in total. The van der Waals surface area contributed by atoms with Gasteiger partial charge in [0.25, 0.3) is 5.91 Å². The number of carbonyl (C=O) groups is 1. The standard InChI is InChI=1S/C23H29NO3/c1-14-7-9-20(16(3)11-14)26-17(4)22(25)24-19-13-23(5,6)27-21-10-8-15(2)12-18(19)21/h7-12,17,19H,13H2,1-6H3,(H,24,25). The van der Waals surface area contributed by atoms with Gasteiger partial charge in [0.05, 0.1) is 6.04 Å². The first kappa shape index (κ1) is 19.3. The fourth-order valence-electron chi connectivity index (χ4n) is 3.57. The zero-order valence-corrected chi connectivity index (χ0v) is 17.1. The van der Waals surface area contributed by atoms with Crippen LogP contribution in [0.1, 0.15) is 55.5 Å². The predicted octanol–water partition coefficient (Wildman–Crippen LogP) is 4.80. The lowest BCUT2D eigenvalue weighted by Gasteiger charge is -2.38. The van der Waals surface area contributed by atoms with Crippen LogP contribution in [0.25, 0.3) is 0 Å². The van der Waals surface area contributed by atoms with E-state index in [-0.39, 0.29) is 17.6 Å². The summed E-state index contributed by atoms with van der Waals surface area (Å²) in [6, 6.07) is 12.0. The van der Waals surface area contributed by atoms with Crippen molar-refractivity contribution in [2.45, 2.75) is 65.7 Å². The molecule has 0 fully saturated rings. The summed E-state index contributed by atoms with van der Waals surface area (Å²) in [5.74, 6) is 1.46. The highest BCUT2D eigenvalue weighted by Gasteiger charge is 2.35. The van der Waals surface area contributed by atoms with E-state index in [1.807, 2.05) is 58.9 Å². The summed E-state index contributed by atoms with van der Waals surface area (Å²) in [4.78, 5) is 12.8. The quantitative estimate of drug-likeness (QED) is 0.844. The largest absolute Gasteiger partial charge is 0.487 e. The number of benzene rings is 2. The van der Waals surface area contributed by atoms with Crippen LogP contribution in [0.5, 0.6) is 11.5 Å². The molecule has 0 bridgehead atoms. The summed E-state index contributed by atoms with van der Waals surface area (Å²) < 4.78 is 12.0. The van der Waals surface area contributed by atoms with E-state index >= 15 is 0 Å². The third-order valence-corrected chi connectivity index (χ3v) is 4.94. The number of hydrogen-bond donors (Lipinski definition) is 1. The smallest absolute Gasteiger partial charge is 0.261 e. The van der Waals surface area contributed by atoms with Gasteiger partial charge in [0.2, 0.25) is 0 Å².